The van der Waals surface area contributed by atoms with Gasteiger partial charge in [0.15, 0.2) is 46.8 Å². The van der Waals surface area contributed by atoms with Gasteiger partial charge in [-0.2, -0.15) is 15.3 Å². The van der Waals surface area contributed by atoms with Gasteiger partial charge in [0.05, 0.1) is 92.0 Å². The standard InChI is InChI=1S/C26H25F2N5O5S2.C25H29BF2N4O6S.C21H17F2N5O4S2.C7H8BrNOS.C7H7BrS/c1-39(29,35)17-8-6-15(7-9-17)16-13-19-23(31-33(26(19)30-14-16)21-5-3-4-12-38-21)25(34)18-10-11-20(27)24(22(18)28)32-40(2,36)37;1-24(2)25(3,4)38-26(37-24)14-12-16-20(30-32(23(16)29-13-14)18-8-6-7-11-36-18)22(33)15-9-10-17(27)21(19(15)28)31-39(5,34)35;1-33(24,30)13-5-3-11(4-6-13)12-9-15-18(26-27-21(15)25-10-12)20(29)14-7-8-16(22)19(17(14)23)28-34(2,31)32;1-11(9,10)7-4-2-6(8)3-5-7;1-9-7-4-2-6(8)3-5-7/h6-11,13-14,21,29,32H,3-5,12H2,1-2H3;9-10,12-13,18,31H,6-8,11H2,1-5H3;3-10,24,28H,1-2H3,(H,25,26,27);2-5,9H,1H3;2-5H,1H3. The monoisotopic (exact) mass is 2090 g/mol. The minimum absolute atomic E-state index is 0.125. The van der Waals surface area contributed by atoms with Crippen molar-refractivity contribution < 1.29 is 97.4 Å². The average Bonchev–Trinajstić information content (AvgIpc) is 1.60. The number of H-pyrrole nitrogens is 1. The summed E-state index contributed by atoms with van der Waals surface area (Å²) in [6, 6.07) is 38.2. The number of aromatic amines is 1. The van der Waals surface area contributed by atoms with Crippen LogP contribution in [0.25, 0.3) is 55.4 Å². The second kappa shape index (κ2) is 40.5. The van der Waals surface area contributed by atoms with Gasteiger partial charge < -0.3 is 18.8 Å². The first kappa shape index (κ1) is 101. The molecule has 0 bridgehead atoms. The number of pyridine rings is 3. The van der Waals surface area contributed by atoms with Crippen molar-refractivity contribution in [3.63, 3.8) is 0 Å². The van der Waals surface area contributed by atoms with Crippen molar-refractivity contribution in [1.29, 1.82) is 14.3 Å². The second-order valence-corrected chi connectivity index (χ2v) is 46.3. The molecular formula is C86H86BBr2F6N15O16S7. The Balaban J connectivity index is 0.000000163. The van der Waals surface area contributed by atoms with E-state index in [1.54, 1.807) is 129 Å². The minimum atomic E-state index is -4.04. The Bertz CT molecular complexity index is 7420. The molecule has 6 aromatic heterocycles. The van der Waals surface area contributed by atoms with Gasteiger partial charge in [-0.1, -0.05) is 56.1 Å². The first-order valence-electron chi connectivity index (χ1n) is 39.9. The molecule has 9 heterocycles. The summed E-state index contributed by atoms with van der Waals surface area (Å²) >= 11 is 8.38. The van der Waals surface area contributed by atoms with E-state index in [1.807, 2.05) is 39.8 Å². The van der Waals surface area contributed by atoms with Gasteiger partial charge in [-0.3, -0.25) is 33.6 Å². The van der Waals surface area contributed by atoms with Crippen LogP contribution < -0.4 is 19.6 Å². The molecule has 3 fully saturated rings. The Morgan fingerprint density at radius 3 is 1.19 bits per heavy atom. The van der Waals surface area contributed by atoms with Gasteiger partial charge in [-0.15, -0.1) is 11.8 Å². The summed E-state index contributed by atoms with van der Waals surface area (Å²) in [7, 11) is -21.2. The Morgan fingerprint density at radius 2 is 0.820 bits per heavy atom. The topological polar surface area (TPSA) is 452 Å². The zero-order valence-corrected chi connectivity index (χ0v) is 81.4. The molecule has 702 valence electrons. The van der Waals surface area contributed by atoms with E-state index in [0.29, 0.717) is 85.1 Å². The number of ether oxygens (including phenoxy) is 2. The molecule has 133 heavy (non-hydrogen) atoms. The predicted molar refractivity (Wildman–Crippen MR) is 503 cm³/mol. The van der Waals surface area contributed by atoms with E-state index >= 15 is 8.78 Å². The highest BCUT2D eigenvalue weighted by Crippen LogP contribution is 2.40. The summed E-state index contributed by atoms with van der Waals surface area (Å²) in [5, 5.41) is 16.2. The van der Waals surface area contributed by atoms with E-state index < -0.39 is 176 Å². The lowest BCUT2D eigenvalue weighted by molar-refractivity contribution is -0.0372. The van der Waals surface area contributed by atoms with Gasteiger partial charge in [0.25, 0.3) is 0 Å². The molecule has 5 unspecified atom stereocenters. The third-order valence-electron chi connectivity index (χ3n) is 21.0. The zero-order chi connectivity index (χ0) is 97.2. The SMILES string of the molecule is CC1(C)OB(c2cnc3c(c2)c(C(=O)c2ccc(F)c(NS(C)(=O)=O)c2F)nn3C2CCCCO2)OC1(C)C.CS(=N)(=O)c1ccc(-c2cnc3c(c2)c(C(=O)c2ccc(F)c(NS(C)(=O)=O)c2F)nn3C2CCCCO2)cc1.CS(=N)(=O)c1ccc(-c2cnc3n[nH]c(C(=O)c4ccc(F)c(NS(C)(=O)=O)c4F)c3c2)cc1.CS(=N)(=O)c1ccc(Br)cc1.CSc1ccc(Br)cc1. The number of rotatable bonds is 21. The number of nitrogens with one attached hydrogen (secondary N) is 7. The van der Waals surface area contributed by atoms with Crippen LogP contribution in [0.4, 0.5) is 43.4 Å². The van der Waals surface area contributed by atoms with E-state index in [0.717, 1.165) is 89.8 Å². The fourth-order valence-corrected chi connectivity index (χ4v) is 18.2. The van der Waals surface area contributed by atoms with Crippen molar-refractivity contribution in [2.75, 3.05) is 71.2 Å². The smallest absolute Gasteiger partial charge is 0.399 e. The highest BCUT2D eigenvalue weighted by molar-refractivity contribution is 9.10. The highest BCUT2D eigenvalue weighted by atomic mass is 79.9. The van der Waals surface area contributed by atoms with Crippen LogP contribution >= 0.6 is 43.6 Å². The van der Waals surface area contributed by atoms with Gasteiger partial charge in [-0.05, 0) is 211 Å². The fourth-order valence-electron chi connectivity index (χ4n) is 13.6. The molecular weight excluding hydrogens is 2010 g/mol. The number of ketones is 3. The number of sulfonamides is 3. The van der Waals surface area contributed by atoms with Crippen LogP contribution in [0.2, 0.25) is 0 Å². The lowest BCUT2D eigenvalue weighted by Crippen LogP contribution is -2.41. The van der Waals surface area contributed by atoms with Gasteiger partial charge in [-0.25, -0.2) is 103 Å². The third-order valence-corrected chi connectivity index (χ3v) is 28.1. The minimum Gasteiger partial charge on any atom is -0.399 e. The number of benzene rings is 7. The fraction of sp³-hybridized carbons (Fsp3) is 0.267. The van der Waals surface area contributed by atoms with Crippen molar-refractivity contribution in [2.24, 2.45) is 0 Å². The molecule has 7 N–H and O–H groups in total. The number of hydrogen-bond donors (Lipinski definition) is 7. The summed E-state index contributed by atoms with van der Waals surface area (Å²) in [5.74, 6) is -10.3. The summed E-state index contributed by atoms with van der Waals surface area (Å²) in [6.07, 6.45) is 16.7. The number of aromatic nitrogens is 9. The normalized spacial score (nSPS) is 16.8. The van der Waals surface area contributed by atoms with Gasteiger partial charge in [0.2, 0.25) is 47.4 Å². The van der Waals surface area contributed by atoms with E-state index in [1.165, 1.54) is 39.2 Å². The summed E-state index contributed by atoms with van der Waals surface area (Å²) in [5.41, 5.74) is -2.45. The number of carbonyl (C=O) groups is 3. The Morgan fingerprint density at radius 1 is 0.466 bits per heavy atom. The van der Waals surface area contributed by atoms with E-state index in [4.69, 9.17) is 33.1 Å². The Labute approximate surface area is 784 Å². The maximum Gasteiger partial charge on any atom is 0.496 e. The molecule has 7 aromatic carbocycles. The van der Waals surface area contributed by atoms with Crippen LogP contribution in [0, 0.1) is 49.2 Å². The summed E-state index contributed by atoms with van der Waals surface area (Å²) < 4.78 is 250. The van der Waals surface area contributed by atoms with Gasteiger partial charge in [0, 0.05) is 95.7 Å². The molecule has 3 aliphatic rings. The molecule has 31 nitrogen and oxygen atoms in total. The first-order chi connectivity index (χ1) is 62.2. The van der Waals surface area contributed by atoms with E-state index in [-0.39, 0.29) is 33.5 Å². The van der Waals surface area contributed by atoms with Crippen LogP contribution in [-0.4, -0.2) is 175 Å². The van der Waals surface area contributed by atoms with Crippen LogP contribution in [0.1, 0.15) is 127 Å². The molecule has 0 amide bonds. The molecule has 0 saturated carbocycles. The molecule has 3 aliphatic heterocycles. The van der Waals surface area contributed by atoms with Crippen LogP contribution in [0.15, 0.2) is 199 Å². The van der Waals surface area contributed by atoms with Crippen molar-refractivity contribution in [2.45, 2.75) is 109 Å². The molecule has 0 radical (unpaired) electrons. The molecule has 0 aliphatic carbocycles. The quantitative estimate of drug-likeness (QED) is 0.0152. The number of nitrogens with zero attached hydrogens (tertiary/aromatic N) is 8. The maximum absolute atomic E-state index is 15.4. The van der Waals surface area contributed by atoms with E-state index in [9.17, 15) is 69.8 Å². The van der Waals surface area contributed by atoms with Crippen LogP contribution in [0.3, 0.4) is 0 Å². The van der Waals surface area contributed by atoms with Crippen LogP contribution in [0.5, 0.6) is 0 Å². The number of anilines is 3. The zero-order valence-electron chi connectivity index (χ0n) is 72.5. The number of fused-ring (bicyclic) bond motifs is 3. The molecule has 5 atom stereocenters. The number of halogens is 8. The Hall–Kier alpha value is -10.7. The molecule has 16 rings (SSSR count). The largest absolute Gasteiger partial charge is 0.496 e. The van der Waals surface area contributed by atoms with Crippen molar-refractivity contribution >= 4 is 183 Å². The van der Waals surface area contributed by atoms with Crippen LogP contribution in [-0.2, 0) is 78.0 Å². The number of carbonyl (C=O) groups excluding carboxylic acids is 3. The molecule has 3 saturated heterocycles. The predicted octanol–water partition coefficient (Wildman–Crippen LogP) is 17.2. The Kier molecular flexibility index (Phi) is 30.8. The average molecular weight is 2090 g/mol. The molecule has 0 spiro atoms. The molecule has 47 heteroatoms. The maximum atomic E-state index is 15.4. The second-order valence-electron chi connectivity index (χ2n) is 31.9. The lowest BCUT2D eigenvalue weighted by atomic mass is 9.80. The van der Waals surface area contributed by atoms with Crippen molar-refractivity contribution in [1.82, 2.24) is 44.7 Å². The summed E-state index contributed by atoms with van der Waals surface area (Å²) in [6.45, 7) is 8.63. The lowest BCUT2D eigenvalue weighted by Gasteiger charge is -2.32. The third kappa shape index (κ3) is 24.3. The van der Waals surface area contributed by atoms with Gasteiger partial charge >= 0.3 is 7.12 Å². The van der Waals surface area contributed by atoms with Crippen molar-refractivity contribution in [3.05, 3.63) is 248 Å². The summed E-state index contributed by atoms with van der Waals surface area (Å²) in [4.78, 5) is 56.3. The number of thioether (sulfide) groups is 1. The highest BCUT2D eigenvalue weighted by Gasteiger charge is 2.52. The number of hydrogen-bond acceptors (Lipinski definition) is 26. The molecule has 13 aromatic rings. The van der Waals surface area contributed by atoms with Crippen molar-refractivity contribution in [3.8, 4) is 22.3 Å². The van der Waals surface area contributed by atoms with E-state index in [2.05, 4.69) is 85.6 Å². The van der Waals surface area contributed by atoms with Gasteiger partial charge in [0.1, 0.15) is 51.6 Å². The first-order valence-corrected chi connectivity index (χ1v) is 54.3.